The molecule has 4 aromatic rings. The highest BCUT2D eigenvalue weighted by atomic mass is 16.5. The van der Waals surface area contributed by atoms with Gasteiger partial charge in [0, 0.05) is 43.4 Å². The van der Waals surface area contributed by atoms with Crippen LogP contribution in [0, 0.1) is 0 Å². The van der Waals surface area contributed by atoms with Crippen molar-refractivity contribution in [3.63, 3.8) is 0 Å². The van der Waals surface area contributed by atoms with Crippen LogP contribution in [0.3, 0.4) is 0 Å². The molecule has 1 saturated heterocycles. The first-order valence-electron chi connectivity index (χ1n) is 8.36. The number of rotatable bonds is 3. The van der Waals surface area contributed by atoms with Crippen LogP contribution in [0.4, 0.5) is 5.95 Å². The van der Waals surface area contributed by atoms with Crippen molar-refractivity contribution in [1.82, 2.24) is 29.2 Å². The molecule has 0 radical (unpaired) electrons. The maximum atomic E-state index is 5.39. The molecule has 5 rings (SSSR count). The van der Waals surface area contributed by atoms with Crippen LogP contribution >= 0.6 is 0 Å². The Morgan fingerprint density at radius 3 is 2.84 bits per heavy atom. The van der Waals surface area contributed by atoms with Gasteiger partial charge in [0.1, 0.15) is 0 Å². The fraction of sp³-hybridized carbons (Fsp3) is 0.294. The molecule has 0 aromatic carbocycles. The molecule has 8 heteroatoms. The van der Waals surface area contributed by atoms with Gasteiger partial charge < -0.3 is 10.1 Å². The molecule has 1 fully saturated rings. The molecular weight excluding hydrogens is 318 g/mol. The molecule has 5 heterocycles. The van der Waals surface area contributed by atoms with Crippen LogP contribution < -0.4 is 5.32 Å². The Balaban J connectivity index is 1.48. The van der Waals surface area contributed by atoms with Crippen molar-refractivity contribution >= 4 is 17.1 Å². The summed E-state index contributed by atoms with van der Waals surface area (Å²) in [6.07, 6.45) is 9.30. The van der Waals surface area contributed by atoms with Crippen molar-refractivity contribution in [2.45, 2.75) is 18.9 Å². The molecule has 1 aliphatic heterocycles. The molecule has 4 aromatic heterocycles. The molecule has 0 atom stereocenters. The topological polar surface area (TPSA) is 81.6 Å². The van der Waals surface area contributed by atoms with Crippen LogP contribution in [0.15, 0.2) is 43.0 Å². The van der Waals surface area contributed by atoms with Crippen LogP contribution in [0.2, 0.25) is 0 Å². The predicted octanol–water partition coefficient (Wildman–Crippen LogP) is 2.03. The maximum Gasteiger partial charge on any atom is 0.241 e. The summed E-state index contributed by atoms with van der Waals surface area (Å²) >= 11 is 0. The van der Waals surface area contributed by atoms with E-state index in [9.17, 15) is 0 Å². The largest absolute Gasteiger partial charge is 0.381 e. The van der Waals surface area contributed by atoms with E-state index in [0.717, 1.165) is 48.5 Å². The minimum Gasteiger partial charge on any atom is -0.381 e. The third kappa shape index (κ3) is 2.60. The van der Waals surface area contributed by atoms with Crippen LogP contribution in [-0.2, 0) is 4.74 Å². The van der Waals surface area contributed by atoms with Crippen molar-refractivity contribution in [3.05, 3.63) is 43.0 Å². The van der Waals surface area contributed by atoms with E-state index in [0.29, 0.717) is 12.0 Å². The van der Waals surface area contributed by atoms with E-state index in [1.54, 1.807) is 10.7 Å². The molecule has 0 amide bonds. The van der Waals surface area contributed by atoms with Gasteiger partial charge in [0.25, 0.3) is 0 Å². The monoisotopic (exact) mass is 335 g/mol. The van der Waals surface area contributed by atoms with Crippen molar-refractivity contribution in [3.8, 4) is 11.3 Å². The summed E-state index contributed by atoms with van der Waals surface area (Å²) in [5.74, 6) is 0.638. The summed E-state index contributed by atoms with van der Waals surface area (Å²) in [4.78, 5) is 8.70. The standard InChI is InChI=1S/C17H17N7O/c1-2-16-18-6-8-24(16)21-14(1)13-3-7-23-15(13)11-19-17(22-23)20-12-4-9-25-10-5-12/h1-3,6-8,11-12H,4-5,9-10H2,(H,20,22). The molecule has 0 spiro atoms. The average Bonchev–Trinajstić information content (AvgIpc) is 3.28. The van der Waals surface area contributed by atoms with E-state index in [-0.39, 0.29) is 0 Å². The summed E-state index contributed by atoms with van der Waals surface area (Å²) in [5.41, 5.74) is 3.60. The predicted molar refractivity (Wildman–Crippen MR) is 92.4 cm³/mol. The van der Waals surface area contributed by atoms with Gasteiger partial charge >= 0.3 is 0 Å². The highest BCUT2D eigenvalue weighted by Gasteiger charge is 2.15. The first kappa shape index (κ1) is 14.4. The summed E-state index contributed by atoms with van der Waals surface area (Å²) in [6.45, 7) is 1.58. The summed E-state index contributed by atoms with van der Waals surface area (Å²) in [6, 6.07) is 6.29. The lowest BCUT2D eigenvalue weighted by Gasteiger charge is -2.22. The zero-order valence-electron chi connectivity index (χ0n) is 13.5. The highest BCUT2D eigenvalue weighted by Crippen LogP contribution is 2.24. The zero-order chi connectivity index (χ0) is 16.6. The molecule has 0 bridgehead atoms. The molecule has 0 unspecified atom stereocenters. The lowest BCUT2D eigenvalue weighted by molar-refractivity contribution is 0.0903. The fourth-order valence-electron chi connectivity index (χ4n) is 3.17. The number of aromatic nitrogens is 6. The number of nitrogens with zero attached hydrogens (tertiary/aromatic N) is 6. The highest BCUT2D eigenvalue weighted by molar-refractivity contribution is 5.78. The summed E-state index contributed by atoms with van der Waals surface area (Å²) < 4.78 is 8.99. The van der Waals surface area contributed by atoms with Crippen LogP contribution in [0.25, 0.3) is 22.4 Å². The first-order chi connectivity index (χ1) is 12.4. The summed E-state index contributed by atoms with van der Waals surface area (Å²) in [5, 5.41) is 12.6. The van der Waals surface area contributed by atoms with E-state index in [1.165, 1.54) is 0 Å². The Bertz CT molecular complexity index is 1030. The molecular formula is C17H17N7O. The number of nitrogens with one attached hydrogen (secondary N) is 1. The van der Waals surface area contributed by atoms with Crippen molar-refractivity contribution in [2.24, 2.45) is 0 Å². The first-order valence-corrected chi connectivity index (χ1v) is 8.36. The second-order valence-corrected chi connectivity index (χ2v) is 6.12. The Labute approximate surface area is 143 Å². The molecule has 126 valence electrons. The van der Waals surface area contributed by atoms with Crippen LogP contribution in [0.5, 0.6) is 0 Å². The van der Waals surface area contributed by atoms with E-state index < -0.39 is 0 Å². The lowest BCUT2D eigenvalue weighted by Crippen LogP contribution is -2.28. The Hall–Kier alpha value is -3.00. The van der Waals surface area contributed by atoms with Gasteiger partial charge in [0.15, 0.2) is 5.65 Å². The molecule has 1 aliphatic rings. The van der Waals surface area contributed by atoms with Gasteiger partial charge in [0.05, 0.1) is 17.4 Å². The smallest absolute Gasteiger partial charge is 0.241 e. The minimum absolute atomic E-state index is 0.367. The maximum absolute atomic E-state index is 5.39. The van der Waals surface area contributed by atoms with Gasteiger partial charge in [-0.05, 0) is 31.0 Å². The van der Waals surface area contributed by atoms with Crippen molar-refractivity contribution in [2.75, 3.05) is 18.5 Å². The Kier molecular flexibility index (Phi) is 3.34. The number of hydrogen-bond acceptors (Lipinski definition) is 6. The number of imidazole rings is 1. The lowest BCUT2D eigenvalue weighted by atomic mass is 10.1. The Morgan fingerprint density at radius 1 is 1.00 bits per heavy atom. The molecule has 1 N–H and O–H groups in total. The zero-order valence-corrected chi connectivity index (χ0v) is 13.5. The molecule has 25 heavy (non-hydrogen) atoms. The van der Waals surface area contributed by atoms with E-state index >= 15 is 0 Å². The number of fused-ring (bicyclic) bond motifs is 2. The molecule has 0 saturated carbocycles. The summed E-state index contributed by atoms with van der Waals surface area (Å²) in [7, 11) is 0. The quantitative estimate of drug-likeness (QED) is 0.617. The van der Waals surface area contributed by atoms with Crippen molar-refractivity contribution < 1.29 is 4.74 Å². The second-order valence-electron chi connectivity index (χ2n) is 6.12. The Morgan fingerprint density at radius 2 is 1.92 bits per heavy atom. The number of ether oxygens (including phenoxy) is 1. The van der Waals surface area contributed by atoms with Crippen LogP contribution in [0.1, 0.15) is 12.8 Å². The fourth-order valence-corrected chi connectivity index (χ4v) is 3.17. The SMILES string of the molecule is c1cn2nc(-c3ccn4nc(NC5CCOCC5)ncc34)ccc2n1. The van der Waals surface area contributed by atoms with Gasteiger partial charge in [-0.1, -0.05) is 0 Å². The third-order valence-corrected chi connectivity index (χ3v) is 4.50. The van der Waals surface area contributed by atoms with Gasteiger partial charge in [0.2, 0.25) is 5.95 Å². The van der Waals surface area contributed by atoms with Gasteiger partial charge in [-0.15, -0.1) is 5.10 Å². The molecule has 0 aliphatic carbocycles. The van der Waals surface area contributed by atoms with Gasteiger partial charge in [-0.3, -0.25) is 0 Å². The van der Waals surface area contributed by atoms with E-state index in [2.05, 4.69) is 25.5 Å². The number of anilines is 1. The van der Waals surface area contributed by atoms with Gasteiger partial charge in [-0.2, -0.15) is 5.10 Å². The third-order valence-electron chi connectivity index (χ3n) is 4.50. The second kappa shape index (κ2) is 5.82. The van der Waals surface area contributed by atoms with Gasteiger partial charge in [-0.25, -0.2) is 19.0 Å². The molecule has 8 nitrogen and oxygen atoms in total. The number of hydrogen-bond donors (Lipinski definition) is 1. The van der Waals surface area contributed by atoms with E-state index in [1.807, 2.05) is 41.3 Å². The van der Waals surface area contributed by atoms with Crippen molar-refractivity contribution in [1.29, 1.82) is 0 Å². The normalized spacial score (nSPS) is 15.8. The van der Waals surface area contributed by atoms with E-state index in [4.69, 9.17) is 4.74 Å². The minimum atomic E-state index is 0.367. The average molecular weight is 335 g/mol. The van der Waals surface area contributed by atoms with Crippen LogP contribution in [-0.4, -0.2) is 48.5 Å².